The topological polar surface area (TPSA) is 112 Å². The summed E-state index contributed by atoms with van der Waals surface area (Å²) in [4.78, 5) is 41.0. The van der Waals surface area contributed by atoms with Gasteiger partial charge in [-0.15, -0.1) is 0 Å². The van der Waals surface area contributed by atoms with Gasteiger partial charge in [-0.25, -0.2) is 0 Å². The van der Waals surface area contributed by atoms with Gasteiger partial charge in [-0.3, -0.25) is 30.0 Å². The Hall–Kier alpha value is -3.68. The summed E-state index contributed by atoms with van der Waals surface area (Å²) < 4.78 is 0. The molecule has 33 heavy (non-hydrogen) atoms. The molecule has 0 spiro atoms. The second kappa shape index (κ2) is 8.35. The van der Waals surface area contributed by atoms with Gasteiger partial charge < -0.3 is 10.6 Å². The summed E-state index contributed by atoms with van der Waals surface area (Å²) >= 11 is 0. The number of carbonyl (C=O) groups excluding carboxylic acids is 3. The summed E-state index contributed by atoms with van der Waals surface area (Å²) in [6, 6.07) is 13.0. The minimum absolute atomic E-state index is 0.0641. The average molecular weight is 446 g/mol. The highest BCUT2D eigenvalue weighted by molar-refractivity contribution is 6.10. The van der Waals surface area contributed by atoms with E-state index < -0.39 is 0 Å². The number of hydrogen-bond donors (Lipinski definition) is 4. The van der Waals surface area contributed by atoms with Crippen molar-refractivity contribution in [3.05, 3.63) is 59.2 Å². The number of benzene rings is 2. The van der Waals surface area contributed by atoms with Gasteiger partial charge in [-0.2, -0.15) is 0 Å². The third-order valence-electron chi connectivity index (χ3n) is 6.25. The van der Waals surface area contributed by atoms with Gasteiger partial charge in [0.25, 0.3) is 11.8 Å². The molecule has 5 rings (SSSR count). The Balaban J connectivity index is 1.32. The van der Waals surface area contributed by atoms with Crippen LogP contribution in [0.4, 0.5) is 11.4 Å². The van der Waals surface area contributed by atoms with E-state index in [1.165, 1.54) is 0 Å². The Bertz CT molecular complexity index is 1160. The van der Waals surface area contributed by atoms with Crippen LogP contribution in [0.3, 0.4) is 0 Å². The highest BCUT2D eigenvalue weighted by Crippen LogP contribution is 2.44. The number of nitrogens with one attached hydrogen (secondary N) is 4. The lowest BCUT2D eigenvalue weighted by molar-refractivity contribution is -0.119. The van der Waals surface area contributed by atoms with Crippen LogP contribution in [0.1, 0.15) is 71.2 Å². The molecule has 2 fully saturated rings. The van der Waals surface area contributed by atoms with Crippen molar-refractivity contribution in [2.75, 3.05) is 11.9 Å². The molecule has 4 N–H and O–H groups in total. The Morgan fingerprint density at radius 3 is 2.58 bits per heavy atom. The van der Waals surface area contributed by atoms with Crippen LogP contribution in [0.25, 0.3) is 0 Å². The van der Waals surface area contributed by atoms with Gasteiger partial charge in [0.15, 0.2) is 0 Å². The van der Waals surface area contributed by atoms with Gasteiger partial charge in [0.1, 0.15) is 0 Å². The number of anilines is 2. The van der Waals surface area contributed by atoms with Crippen molar-refractivity contribution in [2.24, 2.45) is 4.99 Å². The van der Waals surface area contributed by atoms with Crippen LogP contribution in [0.15, 0.2) is 47.5 Å². The Labute approximate surface area is 192 Å². The van der Waals surface area contributed by atoms with Crippen molar-refractivity contribution in [2.45, 2.75) is 50.5 Å². The number of hydrogen-bond acceptors (Lipinski definition) is 5. The Morgan fingerprint density at radius 2 is 1.85 bits per heavy atom. The van der Waals surface area contributed by atoms with E-state index in [1.807, 2.05) is 36.4 Å². The number of aliphatic imine (C=N–C) groups is 1. The standard InChI is InChI=1S/C25H27N5O3/c1-25(10-11-25)30-23(33)16-3-2-4-18(13-16)27-20-8-7-17(14-19(20)15-5-6-15)22(32)29-24-26-12-9-21(31)28-24/h2-4,7-8,13-15,27H,5-6,9-12H2,1H3,(H,30,33)(H2,26,28,29,31,32). The zero-order chi connectivity index (χ0) is 23.0. The fourth-order valence-electron chi connectivity index (χ4n) is 3.86. The molecule has 2 saturated carbocycles. The predicted octanol–water partition coefficient (Wildman–Crippen LogP) is 3.20. The van der Waals surface area contributed by atoms with Crippen molar-refractivity contribution in [1.82, 2.24) is 16.0 Å². The minimum atomic E-state index is -0.309. The molecule has 1 aliphatic heterocycles. The van der Waals surface area contributed by atoms with Crippen LogP contribution in [-0.2, 0) is 4.79 Å². The quantitative estimate of drug-likeness (QED) is 0.547. The van der Waals surface area contributed by atoms with Crippen LogP contribution in [0.2, 0.25) is 0 Å². The second-order valence-electron chi connectivity index (χ2n) is 9.28. The largest absolute Gasteiger partial charge is 0.355 e. The molecule has 0 unspecified atom stereocenters. The summed E-state index contributed by atoms with van der Waals surface area (Å²) in [5.41, 5.74) is 3.87. The summed E-state index contributed by atoms with van der Waals surface area (Å²) in [5, 5.41) is 11.8. The SMILES string of the molecule is CC1(NC(=O)c2cccc(Nc3ccc(C(=O)NC4=NCCC(=O)N4)cc3C3CC3)c2)CC1. The lowest BCUT2D eigenvalue weighted by atomic mass is 10.0. The van der Waals surface area contributed by atoms with Crippen LogP contribution >= 0.6 is 0 Å². The summed E-state index contributed by atoms with van der Waals surface area (Å²) in [5.74, 6) is 0.0675. The van der Waals surface area contributed by atoms with Gasteiger partial charge >= 0.3 is 0 Å². The van der Waals surface area contributed by atoms with E-state index >= 15 is 0 Å². The molecule has 0 atom stereocenters. The van der Waals surface area contributed by atoms with Gasteiger partial charge in [0.05, 0.1) is 6.54 Å². The summed E-state index contributed by atoms with van der Waals surface area (Å²) in [7, 11) is 0. The first-order chi connectivity index (χ1) is 15.9. The van der Waals surface area contributed by atoms with Crippen molar-refractivity contribution < 1.29 is 14.4 Å². The van der Waals surface area contributed by atoms with Crippen molar-refractivity contribution in [3.63, 3.8) is 0 Å². The Morgan fingerprint density at radius 1 is 1.06 bits per heavy atom. The highest BCUT2D eigenvalue weighted by atomic mass is 16.2. The third-order valence-corrected chi connectivity index (χ3v) is 6.25. The van der Waals surface area contributed by atoms with Crippen molar-refractivity contribution in [1.29, 1.82) is 0 Å². The fourth-order valence-corrected chi connectivity index (χ4v) is 3.86. The number of guanidine groups is 1. The van der Waals surface area contributed by atoms with E-state index in [0.29, 0.717) is 30.0 Å². The molecular formula is C25H27N5O3. The van der Waals surface area contributed by atoms with E-state index in [0.717, 1.165) is 42.6 Å². The predicted molar refractivity (Wildman–Crippen MR) is 126 cm³/mol. The monoisotopic (exact) mass is 445 g/mol. The maximum absolute atomic E-state index is 12.7. The van der Waals surface area contributed by atoms with E-state index in [1.54, 1.807) is 6.07 Å². The zero-order valence-electron chi connectivity index (χ0n) is 18.5. The fraction of sp³-hybridized carbons (Fsp3) is 0.360. The van der Waals surface area contributed by atoms with Gasteiger partial charge in [-0.1, -0.05) is 6.07 Å². The molecule has 0 saturated heterocycles. The number of nitrogens with zero attached hydrogens (tertiary/aromatic N) is 1. The first-order valence-electron chi connectivity index (χ1n) is 11.4. The first kappa shape index (κ1) is 21.2. The van der Waals surface area contributed by atoms with Crippen LogP contribution in [0.5, 0.6) is 0 Å². The molecule has 2 aromatic rings. The normalized spacial score (nSPS) is 18.6. The number of carbonyl (C=O) groups is 3. The molecule has 0 aromatic heterocycles. The van der Waals surface area contributed by atoms with E-state index in [-0.39, 0.29) is 29.2 Å². The molecule has 3 amide bonds. The molecule has 0 radical (unpaired) electrons. The number of amides is 3. The lowest BCUT2D eigenvalue weighted by Gasteiger charge is -2.16. The van der Waals surface area contributed by atoms with Crippen LogP contribution in [-0.4, -0.2) is 35.8 Å². The maximum Gasteiger partial charge on any atom is 0.257 e. The molecule has 2 aromatic carbocycles. The van der Waals surface area contributed by atoms with Gasteiger partial charge in [0, 0.05) is 34.5 Å². The average Bonchev–Trinajstić information content (AvgIpc) is 3.72. The summed E-state index contributed by atoms with van der Waals surface area (Å²) in [6.07, 6.45) is 4.50. The maximum atomic E-state index is 12.7. The van der Waals surface area contributed by atoms with E-state index in [2.05, 4.69) is 33.2 Å². The second-order valence-corrected chi connectivity index (χ2v) is 9.28. The van der Waals surface area contributed by atoms with Crippen LogP contribution in [0, 0.1) is 0 Å². The highest BCUT2D eigenvalue weighted by Gasteiger charge is 2.38. The van der Waals surface area contributed by atoms with E-state index in [4.69, 9.17) is 0 Å². The van der Waals surface area contributed by atoms with E-state index in [9.17, 15) is 14.4 Å². The van der Waals surface area contributed by atoms with Gasteiger partial charge in [0.2, 0.25) is 11.9 Å². The van der Waals surface area contributed by atoms with Crippen molar-refractivity contribution in [3.8, 4) is 0 Å². The molecular weight excluding hydrogens is 418 g/mol. The molecule has 3 aliphatic rings. The smallest absolute Gasteiger partial charge is 0.257 e. The molecule has 8 nitrogen and oxygen atoms in total. The molecule has 170 valence electrons. The van der Waals surface area contributed by atoms with Gasteiger partial charge in [-0.05, 0) is 80.5 Å². The molecule has 1 heterocycles. The first-order valence-corrected chi connectivity index (χ1v) is 11.4. The zero-order valence-corrected chi connectivity index (χ0v) is 18.5. The molecule has 8 heteroatoms. The van der Waals surface area contributed by atoms with Crippen LogP contribution < -0.4 is 21.3 Å². The summed E-state index contributed by atoms with van der Waals surface area (Å²) in [6.45, 7) is 2.43. The third kappa shape index (κ3) is 5.05. The lowest BCUT2D eigenvalue weighted by Crippen LogP contribution is -2.46. The Kier molecular flexibility index (Phi) is 5.36. The molecule has 0 bridgehead atoms. The number of rotatable bonds is 6. The minimum Gasteiger partial charge on any atom is -0.355 e. The molecule has 2 aliphatic carbocycles. The van der Waals surface area contributed by atoms with Crippen molar-refractivity contribution >= 4 is 35.1 Å².